The molecule has 16 heavy (non-hydrogen) atoms. The van der Waals surface area contributed by atoms with Crippen molar-refractivity contribution < 1.29 is 14.3 Å². The third-order valence-corrected chi connectivity index (χ3v) is 3.14. The molecule has 1 aromatic rings. The van der Waals surface area contributed by atoms with Crippen LogP contribution in [0.1, 0.15) is 23.2 Å². The lowest BCUT2D eigenvalue weighted by Gasteiger charge is -2.01. The summed E-state index contributed by atoms with van der Waals surface area (Å²) in [5.41, 5.74) is 0.680. The summed E-state index contributed by atoms with van der Waals surface area (Å²) >= 11 is 1.67. The summed E-state index contributed by atoms with van der Waals surface area (Å²) in [5.74, 6) is 0.701. The van der Waals surface area contributed by atoms with Gasteiger partial charge in [-0.25, -0.2) is 0 Å². The number of hydrogen-bond donors (Lipinski definition) is 0. The van der Waals surface area contributed by atoms with Gasteiger partial charge in [-0.3, -0.25) is 9.59 Å². The van der Waals surface area contributed by atoms with E-state index in [1.807, 2.05) is 12.1 Å². The molecule has 1 rings (SSSR count). The van der Waals surface area contributed by atoms with Gasteiger partial charge >= 0.3 is 5.97 Å². The number of thioether (sulfide) groups is 1. The molecular formula is C12H14O3S. The molecule has 0 amide bonds. The van der Waals surface area contributed by atoms with Gasteiger partial charge in [-0.1, -0.05) is 12.1 Å². The first kappa shape index (κ1) is 12.8. The molecule has 0 aliphatic carbocycles. The minimum absolute atomic E-state index is 0.170. The fraction of sp³-hybridized carbons (Fsp3) is 0.333. The van der Waals surface area contributed by atoms with Gasteiger partial charge in [0.2, 0.25) is 0 Å². The Morgan fingerprint density at radius 3 is 2.62 bits per heavy atom. The number of benzene rings is 1. The van der Waals surface area contributed by atoms with Gasteiger partial charge in [0.25, 0.3) is 0 Å². The zero-order valence-corrected chi connectivity index (χ0v) is 9.96. The van der Waals surface area contributed by atoms with Crippen molar-refractivity contribution in [3.05, 3.63) is 29.8 Å². The fourth-order valence-electron chi connectivity index (χ4n) is 1.15. The first-order chi connectivity index (χ1) is 7.76. The van der Waals surface area contributed by atoms with Gasteiger partial charge in [0.15, 0.2) is 0 Å². The Kier molecular flexibility index (Phi) is 5.64. The van der Waals surface area contributed by atoms with E-state index in [1.165, 1.54) is 7.11 Å². The molecule has 0 aromatic heterocycles. The predicted molar refractivity (Wildman–Crippen MR) is 63.8 cm³/mol. The van der Waals surface area contributed by atoms with E-state index in [-0.39, 0.29) is 5.97 Å². The molecule has 0 spiro atoms. The molecule has 4 heteroatoms. The molecule has 86 valence electrons. The first-order valence-corrected chi connectivity index (χ1v) is 5.99. The van der Waals surface area contributed by atoms with E-state index in [2.05, 4.69) is 4.74 Å². The number of carbonyl (C=O) groups is 2. The first-order valence-electron chi connectivity index (χ1n) is 5.01. The number of esters is 1. The molecule has 0 saturated heterocycles. The lowest BCUT2D eigenvalue weighted by Crippen LogP contribution is -1.99. The highest BCUT2D eigenvalue weighted by Gasteiger charge is 2.00. The van der Waals surface area contributed by atoms with Gasteiger partial charge < -0.3 is 4.74 Å². The zero-order chi connectivity index (χ0) is 11.8. The van der Waals surface area contributed by atoms with Gasteiger partial charge in [-0.2, -0.15) is 0 Å². The Labute approximate surface area is 99.2 Å². The van der Waals surface area contributed by atoms with E-state index in [0.29, 0.717) is 12.0 Å². The molecule has 0 N–H and O–H groups in total. The normalized spacial score (nSPS) is 9.81. The molecule has 3 nitrogen and oxygen atoms in total. The van der Waals surface area contributed by atoms with Crippen LogP contribution in [0.3, 0.4) is 0 Å². The lowest BCUT2D eigenvalue weighted by molar-refractivity contribution is -0.140. The van der Waals surface area contributed by atoms with Gasteiger partial charge in [-0.05, 0) is 24.3 Å². The summed E-state index contributed by atoms with van der Waals surface area (Å²) in [5, 5.41) is 0. The average molecular weight is 238 g/mol. The van der Waals surface area contributed by atoms with E-state index in [1.54, 1.807) is 23.9 Å². The van der Waals surface area contributed by atoms with Crippen molar-refractivity contribution in [2.24, 2.45) is 0 Å². The molecule has 0 radical (unpaired) electrons. The maximum Gasteiger partial charge on any atom is 0.305 e. The van der Waals surface area contributed by atoms with E-state index < -0.39 is 0 Å². The summed E-state index contributed by atoms with van der Waals surface area (Å²) in [7, 11) is 1.40. The molecule has 0 aliphatic heterocycles. The fourth-order valence-corrected chi connectivity index (χ4v) is 2.00. The standard InChI is InChI=1S/C12H14O3S/c1-15-12(14)3-2-8-16-11-6-4-10(9-13)5-7-11/h4-7,9H,2-3,8H2,1H3. The van der Waals surface area contributed by atoms with Crippen molar-refractivity contribution in [3.8, 4) is 0 Å². The van der Waals surface area contributed by atoms with Crippen LogP contribution in [-0.2, 0) is 9.53 Å². The number of ether oxygens (including phenoxy) is 1. The van der Waals surface area contributed by atoms with Crippen LogP contribution in [0.5, 0.6) is 0 Å². The highest BCUT2D eigenvalue weighted by Crippen LogP contribution is 2.19. The Bertz CT molecular complexity index is 346. The highest BCUT2D eigenvalue weighted by molar-refractivity contribution is 7.99. The molecule has 0 fully saturated rings. The second-order valence-corrected chi connectivity index (χ2v) is 4.38. The molecule has 0 bridgehead atoms. The summed E-state index contributed by atoms with van der Waals surface area (Å²) in [6, 6.07) is 7.39. The number of rotatable bonds is 6. The number of hydrogen-bond acceptors (Lipinski definition) is 4. The Morgan fingerprint density at radius 1 is 1.38 bits per heavy atom. The van der Waals surface area contributed by atoms with Crippen LogP contribution in [-0.4, -0.2) is 25.1 Å². The van der Waals surface area contributed by atoms with Crippen LogP contribution in [0, 0.1) is 0 Å². The average Bonchev–Trinajstić information content (AvgIpc) is 2.35. The minimum Gasteiger partial charge on any atom is -0.469 e. The minimum atomic E-state index is -0.170. The molecule has 0 aliphatic rings. The molecule has 0 heterocycles. The smallest absolute Gasteiger partial charge is 0.305 e. The molecular weight excluding hydrogens is 224 g/mol. The summed E-state index contributed by atoms with van der Waals surface area (Å²) in [6.45, 7) is 0. The van der Waals surface area contributed by atoms with Gasteiger partial charge in [0.05, 0.1) is 7.11 Å². The Hall–Kier alpha value is -1.29. The van der Waals surface area contributed by atoms with E-state index in [0.717, 1.165) is 23.4 Å². The number of methoxy groups -OCH3 is 1. The monoisotopic (exact) mass is 238 g/mol. The maximum absolute atomic E-state index is 10.8. The zero-order valence-electron chi connectivity index (χ0n) is 9.14. The van der Waals surface area contributed by atoms with E-state index in [9.17, 15) is 9.59 Å². The maximum atomic E-state index is 10.8. The quantitative estimate of drug-likeness (QED) is 0.330. The number of carbonyl (C=O) groups excluding carboxylic acids is 2. The molecule has 0 unspecified atom stereocenters. The number of aldehydes is 1. The van der Waals surface area contributed by atoms with Crippen LogP contribution in [0.4, 0.5) is 0 Å². The second-order valence-electron chi connectivity index (χ2n) is 3.22. The van der Waals surface area contributed by atoms with Crippen LogP contribution in [0.15, 0.2) is 29.2 Å². The SMILES string of the molecule is COC(=O)CCCSc1ccc(C=O)cc1. The van der Waals surface area contributed by atoms with Crippen LogP contribution < -0.4 is 0 Å². The third kappa shape index (κ3) is 4.49. The van der Waals surface area contributed by atoms with Crippen LogP contribution >= 0.6 is 11.8 Å². The summed E-state index contributed by atoms with van der Waals surface area (Å²) in [4.78, 5) is 22.4. The molecule has 1 aromatic carbocycles. The van der Waals surface area contributed by atoms with Gasteiger partial charge in [0, 0.05) is 16.9 Å². The van der Waals surface area contributed by atoms with Gasteiger partial charge in [0.1, 0.15) is 6.29 Å². The summed E-state index contributed by atoms with van der Waals surface area (Å²) in [6.07, 6.45) is 2.08. The lowest BCUT2D eigenvalue weighted by atomic mass is 10.2. The van der Waals surface area contributed by atoms with Crippen molar-refractivity contribution in [2.75, 3.05) is 12.9 Å². The molecule has 0 atom stereocenters. The van der Waals surface area contributed by atoms with Crippen LogP contribution in [0.2, 0.25) is 0 Å². The molecule has 0 saturated carbocycles. The topological polar surface area (TPSA) is 43.4 Å². The Morgan fingerprint density at radius 2 is 2.06 bits per heavy atom. The van der Waals surface area contributed by atoms with Crippen LogP contribution in [0.25, 0.3) is 0 Å². The largest absolute Gasteiger partial charge is 0.469 e. The van der Waals surface area contributed by atoms with E-state index in [4.69, 9.17) is 0 Å². The van der Waals surface area contributed by atoms with Gasteiger partial charge in [-0.15, -0.1) is 11.8 Å². The summed E-state index contributed by atoms with van der Waals surface area (Å²) < 4.78 is 4.55. The highest BCUT2D eigenvalue weighted by atomic mass is 32.2. The van der Waals surface area contributed by atoms with Crippen molar-refractivity contribution in [1.29, 1.82) is 0 Å². The Balaban J connectivity index is 2.26. The van der Waals surface area contributed by atoms with Crippen molar-refractivity contribution in [1.82, 2.24) is 0 Å². The second kappa shape index (κ2) is 7.06. The third-order valence-electron chi connectivity index (χ3n) is 2.04. The van der Waals surface area contributed by atoms with E-state index >= 15 is 0 Å². The van der Waals surface area contributed by atoms with Crippen molar-refractivity contribution in [3.63, 3.8) is 0 Å². The van der Waals surface area contributed by atoms with Crippen molar-refractivity contribution in [2.45, 2.75) is 17.7 Å². The predicted octanol–water partition coefficient (Wildman–Crippen LogP) is 2.54. The van der Waals surface area contributed by atoms with Crippen molar-refractivity contribution >= 4 is 24.0 Å².